The molecule has 1 aliphatic rings. The van der Waals surface area contributed by atoms with Gasteiger partial charge in [0, 0.05) is 11.7 Å². The lowest BCUT2D eigenvalue weighted by Crippen LogP contribution is -2.38. The third-order valence-electron chi connectivity index (χ3n) is 4.12. The number of benzene rings is 1. The summed E-state index contributed by atoms with van der Waals surface area (Å²) in [7, 11) is -3.11. The second-order valence-electron chi connectivity index (χ2n) is 5.88. The summed E-state index contributed by atoms with van der Waals surface area (Å²) in [4.78, 5) is 0.418. The number of hydrogen-bond donors (Lipinski definition) is 2. The Morgan fingerprint density at radius 1 is 1.33 bits per heavy atom. The molecule has 0 radical (unpaired) electrons. The van der Waals surface area contributed by atoms with Crippen molar-refractivity contribution >= 4 is 15.5 Å². The Hall–Kier alpha value is -1.07. The van der Waals surface area contributed by atoms with Crippen molar-refractivity contribution in [2.24, 2.45) is 5.92 Å². The fraction of sp³-hybridized carbons (Fsp3) is 0.625. The maximum atomic E-state index is 12.0. The van der Waals surface area contributed by atoms with Crippen LogP contribution in [0.4, 0.5) is 5.69 Å². The van der Waals surface area contributed by atoms with Crippen molar-refractivity contribution in [2.45, 2.75) is 44.0 Å². The number of sulfone groups is 1. The standard InChI is InChI=1S/C16H26N2O2S/c1-3-11-21(19,20)16-8-6-15(7-9-16)18-13(2)14-5-4-10-17-12-14/h6-9,13-14,17-18H,3-5,10-12H2,1-2H3. The molecule has 118 valence electrons. The van der Waals surface area contributed by atoms with Gasteiger partial charge in [-0.1, -0.05) is 6.92 Å². The SMILES string of the molecule is CCCS(=O)(=O)c1ccc(NC(C)C2CCCNC2)cc1. The molecule has 5 heteroatoms. The van der Waals surface area contributed by atoms with E-state index in [-0.39, 0.29) is 5.75 Å². The zero-order valence-electron chi connectivity index (χ0n) is 12.9. The van der Waals surface area contributed by atoms with Gasteiger partial charge in [-0.15, -0.1) is 0 Å². The predicted molar refractivity (Wildman–Crippen MR) is 87.5 cm³/mol. The second-order valence-corrected chi connectivity index (χ2v) is 7.99. The molecule has 1 aromatic rings. The van der Waals surface area contributed by atoms with Crippen molar-refractivity contribution in [3.8, 4) is 0 Å². The van der Waals surface area contributed by atoms with E-state index in [1.54, 1.807) is 12.1 Å². The molecule has 1 fully saturated rings. The third kappa shape index (κ3) is 4.45. The minimum absolute atomic E-state index is 0.212. The maximum absolute atomic E-state index is 12.0. The fourth-order valence-corrected chi connectivity index (χ4v) is 4.16. The van der Waals surface area contributed by atoms with Gasteiger partial charge in [-0.2, -0.15) is 0 Å². The first-order valence-corrected chi connectivity index (χ1v) is 9.48. The van der Waals surface area contributed by atoms with Gasteiger partial charge in [-0.05, 0) is 69.5 Å². The Balaban J connectivity index is 1.99. The van der Waals surface area contributed by atoms with Crippen molar-refractivity contribution in [1.29, 1.82) is 0 Å². The van der Waals surface area contributed by atoms with Crippen LogP contribution in [0, 0.1) is 5.92 Å². The maximum Gasteiger partial charge on any atom is 0.178 e. The Kier molecular flexibility index (Phi) is 5.65. The summed E-state index contributed by atoms with van der Waals surface area (Å²) < 4.78 is 24.0. The quantitative estimate of drug-likeness (QED) is 0.848. The molecule has 4 nitrogen and oxygen atoms in total. The molecular formula is C16H26N2O2S. The molecule has 1 aliphatic heterocycles. The highest BCUT2D eigenvalue weighted by molar-refractivity contribution is 7.91. The first kappa shape index (κ1) is 16.3. The number of nitrogens with one attached hydrogen (secondary N) is 2. The number of hydrogen-bond acceptors (Lipinski definition) is 4. The first-order chi connectivity index (χ1) is 10.0. The van der Waals surface area contributed by atoms with Gasteiger partial charge in [0.15, 0.2) is 9.84 Å². The van der Waals surface area contributed by atoms with Crippen LogP contribution in [0.3, 0.4) is 0 Å². The first-order valence-electron chi connectivity index (χ1n) is 7.83. The van der Waals surface area contributed by atoms with Gasteiger partial charge in [0.1, 0.15) is 0 Å². The smallest absolute Gasteiger partial charge is 0.178 e. The van der Waals surface area contributed by atoms with Crippen LogP contribution in [0.1, 0.15) is 33.1 Å². The summed E-state index contributed by atoms with van der Waals surface area (Å²) in [6.07, 6.45) is 3.11. The van der Waals surface area contributed by atoms with Crippen LogP contribution >= 0.6 is 0 Å². The average Bonchev–Trinajstić information content (AvgIpc) is 2.48. The molecule has 0 aromatic heterocycles. The molecule has 0 amide bonds. The van der Waals surface area contributed by atoms with E-state index in [1.165, 1.54) is 12.8 Å². The Morgan fingerprint density at radius 2 is 2.05 bits per heavy atom. The zero-order chi connectivity index (χ0) is 15.3. The third-order valence-corrected chi connectivity index (χ3v) is 6.06. The molecule has 0 aliphatic carbocycles. The Bertz CT molecular complexity index is 534. The monoisotopic (exact) mass is 310 g/mol. The molecule has 1 aromatic carbocycles. The molecule has 21 heavy (non-hydrogen) atoms. The van der Waals surface area contributed by atoms with Crippen molar-refractivity contribution in [2.75, 3.05) is 24.2 Å². The Labute approximate surface area is 128 Å². The summed E-state index contributed by atoms with van der Waals surface area (Å²) >= 11 is 0. The molecule has 2 rings (SSSR count). The number of piperidine rings is 1. The van der Waals surface area contributed by atoms with E-state index in [1.807, 2.05) is 19.1 Å². The van der Waals surface area contributed by atoms with Gasteiger partial charge in [-0.25, -0.2) is 8.42 Å². The molecule has 0 saturated carbocycles. The van der Waals surface area contributed by atoms with Gasteiger partial charge < -0.3 is 10.6 Å². The fourth-order valence-electron chi connectivity index (χ4n) is 2.83. The molecule has 2 unspecified atom stereocenters. The minimum Gasteiger partial charge on any atom is -0.382 e. The van der Waals surface area contributed by atoms with Crippen LogP contribution in [0.5, 0.6) is 0 Å². The largest absolute Gasteiger partial charge is 0.382 e. The van der Waals surface area contributed by atoms with Crippen LogP contribution < -0.4 is 10.6 Å². The normalized spacial score (nSPS) is 21.0. The van der Waals surface area contributed by atoms with E-state index in [4.69, 9.17) is 0 Å². The van der Waals surface area contributed by atoms with E-state index in [0.29, 0.717) is 23.3 Å². The molecular weight excluding hydrogens is 284 g/mol. The highest BCUT2D eigenvalue weighted by Gasteiger charge is 2.20. The van der Waals surface area contributed by atoms with Gasteiger partial charge in [0.25, 0.3) is 0 Å². The van der Waals surface area contributed by atoms with Crippen LogP contribution in [0.15, 0.2) is 29.2 Å². The van der Waals surface area contributed by atoms with E-state index in [2.05, 4.69) is 17.6 Å². The number of rotatable bonds is 6. The van der Waals surface area contributed by atoms with Gasteiger partial charge in [0.05, 0.1) is 10.6 Å². The average molecular weight is 310 g/mol. The van der Waals surface area contributed by atoms with Crippen LogP contribution in [0.2, 0.25) is 0 Å². The molecule has 1 saturated heterocycles. The van der Waals surface area contributed by atoms with Gasteiger partial charge in [0.2, 0.25) is 0 Å². The molecule has 1 heterocycles. The second kappa shape index (κ2) is 7.27. The highest BCUT2D eigenvalue weighted by Crippen LogP contribution is 2.20. The molecule has 2 atom stereocenters. The molecule has 0 bridgehead atoms. The topological polar surface area (TPSA) is 58.2 Å². The highest BCUT2D eigenvalue weighted by atomic mass is 32.2. The lowest BCUT2D eigenvalue weighted by atomic mass is 9.92. The van der Waals surface area contributed by atoms with Crippen LogP contribution in [-0.2, 0) is 9.84 Å². The summed E-state index contributed by atoms with van der Waals surface area (Å²) in [5.74, 6) is 0.839. The van der Waals surface area contributed by atoms with Gasteiger partial charge >= 0.3 is 0 Å². The summed E-state index contributed by atoms with van der Waals surface area (Å²) in [6, 6.07) is 7.54. The number of anilines is 1. The molecule has 2 N–H and O–H groups in total. The van der Waals surface area contributed by atoms with Gasteiger partial charge in [-0.3, -0.25) is 0 Å². The van der Waals surface area contributed by atoms with E-state index < -0.39 is 9.84 Å². The minimum atomic E-state index is -3.11. The van der Waals surface area contributed by atoms with Crippen LogP contribution in [0.25, 0.3) is 0 Å². The summed E-state index contributed by atoms with van der Waals surface area (Å²) in [5.41, 5.74) is 0.989. The molecule has 0 spiro atoms. The van der Waals surface area contributed by atoms with Crippen molar-refractivity contribution in [3.63, 3.8) is 0 Å². The van der Waals surface area contributed by atoms with Crippen molar-refractivity contribution in [1.82, 2.24) is 5.32 Å². The predicted octanol–water partition coefficient (Wildman–Crippen LogP) is 2.67. The van der Waals surface area contributed by atoms with Crippen molar-refractivity contribution in [3.05, 3.63) is 24.3 Å². The summed E-state index contributed by atoms with van der Waals surface area (Å²) in [6.45, 7) is 6.25. The van der Waals surface area contributed by atoms with Crippen LogP contribution in [-0.4, -0.2) is 33.3 Å². The van der Waals surface area contributed by atoms with E-state index >= 15 is 0 Å². The Morgan fingerprint density at radius 3 is 2.62 bits per heavy atom. The van der Waals surface area contributed by atoms with E-state index in [0.717, 1.165) is 18.8 Å². The van der Waals surface area contributed by atoms with E-state index in [9.17, 15) is 8.42 Å². The zero-order valence-corrected chi connectivity index (χ0v) is 13.7. The summed E-state index contributed by atoms with van der Waals surface area (Å²) in [5, 5.41) is 6.91. The lowest BCUT2D eigenvalue weighted by molar-refractivity contribution is 0.347. The van der Waals surface area contributed by atoms with Crippen molar-refractivity contribution < 1.29 is 8.42 Å². The lowest BCUT2D eigenvalue weighted by Gasteiger charge is -2.29.